The van der Waals surface area contributed by atoms with E-state index in [-0.39, 0.29) is 13.0 Å². The zero-order chi connectivity index (χ0) is 14.0. The minimum atomic E-state index is -4.12. The summed E-state index contributed by atoms with van der Waals surface area (Å²) in [5.41, 5.74) is 0.651. The van der Waals surface area contributed by atoms with Crippen LogP contribution in [0.15, 0.2) is 22.8 Å². The van der Waals surface area contributed by atoms with Crippen LogP contribution in [0.1, 0.15) is 12.8 Å². The molecule has 0 N–H and O–H groups in total. The van der Waals surface area contributed by atoms with Crippen molar-refractivity contribution in [2.75, 3.05) is 7.11 Å². The number of fused-ring (bicyclic) bond motifs is 1. The van der Waals surface area contributed by atoms with Gasteiger partial charge in [0.15, 0.2) is 0 Å². The second-order valence-electron chi connectivity index (χ2n) is 4.16. The highest BCUT2D eigenvalue weighted by molar-refractivity contribution is 9.10. The molecule has 0 atom stereocenters. The van der Waals surface area contributed by atoms with Crippen LogP contribution in [0.3, 0.4) is 0 Å². The van der Waals surface area contributed by atoms with Crippen LogP contribution >= 0.6 is 15.9 Å². The van der Waals surface area contributed by atoms with Gasteiger partial charge >= 0.3 is 6.18 Å². The topological polar surface area (TPSA) is 27.1 Å². The molecule has 0 aliphatic heterocycles. The van der Waals surface area contributed by atoms with Gasteiger partial charge in [0.05, 0.1) is 7.11 Å². The van der Waals surface area contributed by atoms with Gasteiger partial charge in [-0.15, -0.1) is 0 Å². The minimum Gasteiger partial charge on any atom is -0.494 e. The summed E-state index contributed by atoms with van der Waals surface area (Å²) in [6.07, 6.45) is -3.18. The number of alkyl halides is 3. The number of rotatable bonds is 4. The number of benzene rings is 1. The highest BCUT2D eigenvalue weighted by atomic mass is 79.9. The molecule has 0 aliphatic rings. The molecule has 0 unspecified atom stereocenters. The molecule has 0 saturated carbocycles. The van der Waals surface area contributed by atoms with E-state index in [1.165, 1.54) is 11.8 Å². The number of methoxy groups -OCH3 is 1. The predicted molar refractivity (Wildman–Crippen MR) is 69.3 cm³/mol. The lowest BCUT2D eigenvalue weighted by Crippen LogP contribution is -2.09. The van der Waals surface area contributed by atoms with Crippen LogP contribution in [-0.2, 0) is 6.54 Å². The van der Waals surface area contributed by atoms with Gasteiger partial charge in [0.1, 0.15) is 11.3 Å². The molecule has 0 aliphatic carbocycles. The first-order valence-corrected chi connectivity index (χ1v) is 6.46. The van der Waals surface area contributed by atoms with E-state index in [4.69, 9.17) is 4.74 Å². The molecular formula is C12H12BrF3N2O. The van der Waals surface area contributed by atoms with E-state index in [0.29, 0.717) is 11.3 Å². The van der Waals surface area contributed by atoms with Gasteiger partial charge in [0, 0.05) is 29.0 Å². The molecule has 19 heavy (non-hydrogen) atoms. The Morgan fingerprint density at radius 1 is 1.37 bits per heavy atom. The van der Waals surface area contributed by atoms with Crippen molar-refractivity contribution in [3.8, 4) is 5.75 Å². The van der Waals surface area contributed by atoms with Crippen LogP contribution in [0.5, 0.6) is 5.75 Å². The van der Waals surface area contributed by atoms with Gasteiger partial charge in [-0.1, -0.05) is 15.9 Å². The fourth-order valence-electron chi connectivity index (χ4n) is 1.83. The molecule has 2 rings (SSSR count). The highest BCUT2D eigenvalue weighted by Gasteiger charge is 2.26. The fourth-order valence-corrected chi connectivity index (χ4v) is 2.28. The molecule has 0 bridgehead atoms. The Morgan fingerprint density at radius 3 is 2.74 bits per heavy atom. The first kappa shape index (κ1) is 14.2. The summed E-state index contributed by atoms with van der Waals surface area (Å²) in [5.74, 6) is 0.596. The number of aromatic nitrogens is 2. The number of aryl methyl sites for hydroxylation is 1. The molecule has 0 amide bonds. The molecule has 7 heteroatoms. The summed E-state index contributed by atoms with van der Waals surface area (Å²) in [6, 6.07) is 3.63. The lowest BCUT2D eigenvalue weighted by Gasteiger charge is -2.05. The lowest BCUT2D eigenvalue weighted by molar-refractivity contribution is -0.136. The molecule has 104 valence electrons. The third-order valence-corrected chi connectivity index (χ3v) is 3.11. The molecule has 2 aromatic rings. The van der Waals surface area contributed by atoms with Crippen molar-refractivity contribution in [3.63, 3.8) is 0 Å². The smallest absolute Gasteiger partial charge is 0.389 e. The summed E-state index contributed by atoms with van der Waals surface area (Å²) < 4.78 is 43.8. The van der Waals surface area contributed by atoms with Crippen molar-refractivity contribution in [1.82, 2.24) is 9.78 Å². The normalized spacial score (nSPS) is 12.1. The average molecular weight is 337 g/mol. The Morgan fingerprint density at radius 2 is 2.11 bits per heavy atom. The van der Waals surface area contributed by atoms with Crippen molar-refractivity contribution >= 4 is 26.8 Å². The van der Waals surface area contributed by atoms with Gasteiger partial charge in [-0.2, -0.15) is 18.3 Å². The number of hydrogen-bond donors (Lipinski definition) is 0. The summed E-state index contributed by atoms with van der Waals surface area (Å²) in [5, 5.41) is 5.08. The van der Waals surface area contributed by atoms with Crippen molar-refractivity contribution in [3.05, 3.63) is 22.8 Å². The number of hydrogen-bond acceptors (Lipinski definition) is 2. The molecule has 0 radical (unpaired) electrons. The van der Waals surface area contributed by atoms with E-state index in [2.05, 4.69) is 21.0 Å². The van der Waals surface area contributed by atoms with Crippen LogP contribution < -0.4 is 4.74 Å². The largest absolute Gasteiger partial charge is 0.494 e. The maximum Gasteiger partial charge on any atom is 0.389 e. The zero-order valence-electron chi connectivity index (χ0n) is 10.2. The van der Waals surface area contributed by atoms with Gasteiger partial charge in [-0.05, 0) is 18.6 Å². The molecule has 3 nitrogen and oxygen atoms in total. The summed E-state index contributed by atoms with van der Waals surface area (Å²) in [4.78, 5) is 0. The van der Waals surface area contributed by atoms with Gasteiger partial charge in [0.2, 0.25) is 0 Å². The van der Waals surface area contributed by atoms with Gasteiger partial charge in [-0.25, -0.2) is 0 Å². The van der Waals surface area contributed by atoms with Crippen LogP contribution in [0.4, 0.5) is 13.2 Å². The van der Waals surface area contributed by atoms with Crippen molar-refractivity contribution in [1.29, 1.82) is 0 Å². The van der Waals surface area contributed by atoms with Crippen molar-refractivity contribution < 1.29 is 17.9 Å². The number of ether oxygens (including phenoxy) is 1. The van der Waals surface area contributed by atoms with Gasteiger partial charge < -0.3 is 4.74 Å². The average Bonchev–Trinajstić information content (AvgIpc) is 2.68. The van der Waals surface area contributed by atoms with Crippen molar-refractivity contribution in [2.24, 2.45) is 0 Å². The molecular weight excluding hydrogens is 325 g/mol. The zero-order valence-corrected chi connectivity index (χ0v) is 11.8. The maximum absolute atomic E-state index is 12.1. The third kappa shape index (κ3) is 3.62. The van der Waals surface area contributed by atoms with E-state index >= 15 is 0 Å². The van der Waals surface area contributed by atoms with Gasteiger partial charge in [-0.3, -0.25) is 4.68 Å². The predicted octanol–water partition coefficient (Wildman–Crippen LogP) is 4.15. The third-order valence-electron chi connectivity index (χ3n) is 2.65. The van der Waals surface area contributed by atoms with E-state index in [1.807, 2.05) is 6.07 Å². The van der Waals surface area contributed by atoms with E-state index < -0.39 is 12.6 Å². The fraction of sp³-hybridized carbons (Fsp3) is 0.417. The standard InChI is InChI=1S/C12H12BrF3N2O/c1-19-10-6-9(13)5-8-7-18(17-11(8)10)4-2-3-12(14,15)16/h5-7H,2-4H2,1H3. The Balaban J connectivity index is 2.17. The van der Waals surface area contributed by atoms with Crippen LogP contribution in [-0.4, -0.2) is 23.1 Å². The van der Waals surface area contributed by atoms with Gasteiger partial charge in [0.25, 0.3) is 0 Å². The monoisotopic (exact) mass is 336 g/mol. The Hall–Kier alpha value is -1.24. The number of nitrogens with zero attached hydrogens (tertiary/aromatic N) is 2. The van der Waals surface area contributed by atoms with Crippen LogP contribution in [0.25, 0.3) is 10.9 Å². The minimum absolute atomic E-state index is 0.0149. The van der Waals surface area contributed by atoms with E-state index in [9.17, 15) is 13.2 Å². The molecule has 1 heterocycles. The molecule has 0 fully saturated rings. The second kappa shape index (κ2) is 5.40. The molecule has 1 aromatic carbocycles. The lowest BCUT2D eigenvalue weighted by atomic mass is 10.2. The van der Waals surface area contributed by atoms with E-state index in [1.54, 1.807) is 12.3 Å². The first-order chi connectivity index (χ1) is 8.89. The SMILES string of the molecule is COc1cc(Br)cc2cn(CCCC(F)(F)F)nc12. The quantitative estimate of drug-likeness (QED) is 0.838. The molecule has 1 aromatic heterocycles. The Labute approximate surface area is 116 Å². The Bertz CT molecular complexity index is 580. The van der Waals surface area contributed by atoms with E-state index in [0.717, 1.165) is 9.86 Å². The second-order valence-corrected chi connectivity index (χ2v) is 5.07. The first-order valence-electron chi connectivity index (χ1n) is 5.66. The highest BCUT2D eigenvalue weighted by Crippen LogP contribution is 2.29. The van der Waals surface area contributed by atoms with Crippen molar-refractivity contribution in [2.45, 2.75) is 25.6 Å². The molecule has 0 saturated heterocycles. The van der Waals surface area contributed by atoms with Crippen LogP contribution in [0.2, 0.25) is 0 Å². The maximum atomic E-state index is 12.1. The Kier molecular flexibility index (Phi) is 4.03. The summed E-state index contributed by atoms with van der Waals surface area (Å²) in [7, 11) is 1.53. The summed E-state index contributed by atoms with van der Waals surface area (Å²) in [6.45, 7) is 0.231. The number of halogens is 4. The molecule has 0 spiro atoms. The van der Waals surface area contributed by atoms with Crippen LogP contribution in [0, 0.1) is 0 Å². The summed E-state index contributed by atoms with van der Waals surface area (Å²) >= 11 is 3.35.